The standard InChI is InChI=1S/C23H27N5O3/c1-17-4-3-5-18(14-17)23-25-22(31-26-23)16-27(2)15-21(29)24-19-6-8-20(9-7-19)28-10-12-30-13-11-28/h3-9,14H,10-13,15-16H2,1-2H3,(H,24,29). The van der Waals surface area contributed by atoms with Gasteiger partial charge in [-0.3, -0.25) is 9.69 Å². The summed E-state index contributed by atoms with van der Waals surface area (Å²) in [5.41, 5.74) is 3.96. The first-order valence-electron chi connectivity index (χ1n) is 10.4. The van der Waals surface area contributed by atoms with Gasteiger partial charge in [0.05, 0.1) is 26.3 Å². The lowest BCUT2D eigenvalue weighted by Gasteiger charge is -2.28. The Labute approximate surface area is 181 Å². The molecule has 1 aliphatic heterocycles. The number of aryl methyl sites for hydroxylation is 1. The van der Waals surface area contributed by atoms with Gasteiger partial charge in [0.25, 0.3) is 0 Å². The van der Waals surface area contributed by atoms with Crippen LogP contribution in [0.1, 0.15) is 11.5 Å². The van der Waals surface area contributed by atoms with E-state index in [1.54, 1.807) is 0 Å². The first kappa shape index (κ1) is 21.0. The molecule has 0 bridgehead atoms. The molecule has 2 aromatic carbocycles. The number of ether oxygens (including phenoxy) is 1. The number of nitrogens with zero attached hydrogens (tertiary/aromatic N) is 4. The molecule has 0 unspecified atom stereocenters. The van der Waals surface area contributed by atoms with Gasteiger partial charge in [-0.15, -0.1) is 0 Å². The Kier molecular flexibility index (Phi) is 6.59. The number of morpholine rings is 1. The van der Waals surface area contributed by atoms with E-state index in [2.05, 4.69) is 20.4 Å². The Bertz CT molecular complexity index is 1010. The highest BCUT2D eigenvalue weighted by atomic mass is 16.5. The molecular weight excluding hydrogens is 394 g/mol. The van der Waals surface area contributed by atoms with E-state index in [4.69, 9.17) is 9.26 Å². The van der Waals surface area contributed by atoms with Crippen LogP contribution < -0.4 is 10.2 Å². The Balaban J connectivity index is 1.28. The first-order chi connectivity index (χ1) is 15.1. The van der Waals surface area contributed by atoms with Gasteiger partial charge in [0.15, 0.2) is 0 Å². The van der Waals surface area contributed by atoms with Crippen LogP contribution in [0.25, 0.3) is 11.4 Å². The third-order valence-electron chi connectivity index (χ3n) is 5.09. The second-order valence-electron chi connectivity index (χ2n) is 7.75. The van der Waals surface area contributed by atoms with Crippen molar-refractivity contribution >= 4 is 17.3 Å². The number of nitrogens with one attached hydrogen (secondary N) is 1. The van der Waals surface area contributed by atoms with Gasteiger partial charge in [0.2, 0.25) is 17.6 Å². The SMILES string of the molecule is Cc1cccc(-c2noc(CN(C)CC(=O)Nc3ccc(N4CCOCC4)cc3)n2)c1. The van der Waals surface area contributed by atoms with Crippen molar-refractivity contribution < 1.29 is 14.1 Å². The number of likely N-dealkylation sites (N-methyl/N-ethyl adjacent to an activating group) is 1. The molecule has 1 aliphatic rings. The number of aromatic nitrogens is 2. The van der Waals surface area contributed by atoms with Crippen molar-refractivity contribution in [2.75, 3.05) is 50.1 Å². The second kappa shape index (κ2) is 9.72. The van der Waals surface area contributed by atoms with Crippen molar-refractivity contribution in [1.29, 1.82) is 0 Å². The van der Waals surface area contributed by atoms with Gasteiger partial charge >= 0.3 is 0 Å². The van der Waals surface area contributed by atoms with Crippen molar-refractivity contribution in [3.63, 3.8) is 0 Å². The summed E-state index contributed by atoms with van der Waals surface area (Å²) in [6.07, 6.45) is 0. The number of hydrogen-bond donors (Lipinski definition) is 1. The third-order valence-corrected chi connectivity index (χ3v) is 5.09. The minimum absolute atomic E-state index is 0.0972. The van der Waals surface area contributed by atoms with Gasteiger partial charge in [0.1, 0.15) is 0 Å². The molecule has 0 saturated carbocycles. The van der Waals surface area contributed by atoms with Crippen molar-refractivity contribution in [1.82, 2.24) is 15.0 Å². The highest BCUT2D eigenvalue weighted by Crippen LogP contribution is 2.19. The van der Waals surface area contributed by atoms with Crippen LogP contribution >= 0.6 is 0 Å². The van der Waals surface area contributed by atoms with E-state index in [0.717, 1.165) is 48.8 Å². The second-order valence-corrected chi connectivity index (χ2v) is 7.75. The largest absolute Gasteiger partial charge is 0.378 e. The number of anilines is 2. The fraction of sp³-hybridized carbons (Fsp3) is 0.348. The Morgan fingerprint density at radius 1 is 1.16 bits per heavy atom. The van der Waals surface area contributed by atoms with E-state index in [9.17, 15) is 4.79 Å². The van der Waals surface area contributed by atoms with Crippen LogP contribution in [0, 0.1) is 6.92 Å². The van der Waals surface area contributed by atoms with E-state index in [1.165, 1.54) is 0 Å². The lowest BCUT2D eigenvalue weighted by atomic mass is 10.1. The molecule has 8 nitrogen and oxygen atoms in total. The predicted molar refractivity (Wildman–Crippen MR) is 119 cm³/mol. The fourth-order valence-electron chi connectivity index (χ4n) is 3.53. The molecule has 0 aliphatic carbocycles. The van der Waals surface area contributed by atoms with E-state index >= 15 is 0 Å². The summed E-state index contributed by atoms with van der Waals surface area (Å²) in [4.78, 5) is 21.0. The molecule has 31 heavy (non-hydrogen) atoms. The summed E-state index contributed by atoms with van der Waals surface area (Å²) >= 11 is 0. The molecule has 3 aromatic rings. The lowest BCUT2D eigenvalue weighted by Crippen LogP contribution is -2.36. The first-order valence-corrected chi connectivity index (χ1v) is 10.4. The molecule has 8 heteroatoms. The van der Waals surface area contributed by atoms with Crippen LogP contribution in [0.3, 0.4) is 0 Å². The zero-order valence-corrected chi connectivity index (χ0v) is 17.9. The summed E-state index contributed by atoms with van der Waals surface area (Å²) in [5, 5.41) is 6.98. The zero-order chi connectivity index (χ0) is 21.6. The van der Waals surface area contributed by atoms with Gasteiger partial charge < -0.3 is 19.5 Å². The smallest absolute Gasteiger partial charge is 0.241 e. The predicted octanol–water partition coefficient (Wildman–Crippen LogP) is 2.95. The fourth-order valence-corrected chi connectivity index (χ4v) is 3.53. The molecule has 162 valence electrons. The number of amides is 1. The Hall–Kier alpha value is -3.23. The van der Waals surface area contributed by atoms with Crippen LogP contribution in [-0.2, 0) is 16.1 Å². The average Bonchev–Trinajstić information content (AvgIpc) is 3.23. The van der Waals surface area contributed by atoms with Crippen LogP contribution in [0.5, 0.6) is 0 Å². The Morgan fingerprint density at radius 3 is 2.68 bits per heavy atom. The van der Waals surface area contributed by atoms with Gasteiger partial charge in [-0.05, 0) is 44.3 Å². The van der Waals surface area contributed by atoms with Crippen molar-refractivity contribution in [3.8, 4) is 11.4 Å². The van der Waals surface area contributed by atoms with Crippen molar-refractivity contribution in [2.24, 2.45) is 0 Å². The maximum atomic E-state index is 12.4. The summed E-state index contributed by atoms with van der Waals surface area (Å²) in [6.45, 7) is 5.90. The van der Waals surface area contributed by atoms with Crippen LogP contribution in [0.4, 0.5) is 11.4 Å². The molecule has 1 amide bonds. The molecule has 2 heterocycles. The highest BCUT2D eigenvalue weighted by molar-refractivity contribution is 5.92. The van der Waals surface area contributed by atoms with Gasteiger partial charge in [-0.2, -0.15) is 4.98 Å². The normalized spacial score (nSPS) is 14.1. The molecule has 1 N–H and O–H groups in total. The van der Waals surface area contributed by atoms with Crippen LogP contribution in [0.2, 0.25) is 0 Å². The van der Waals surface area contributed by atoms with Crippen LogP contribution in [-0.4, -0.2) is 60.8 Å². The molecule has 1 aromatic heterocycles. The number of benzene rings is 2. The van der Waals surface area contributed by atoms with Gasteiger partial charge in [-0.25, -0.2) is 0 Å². The van der Waals surface area contributed by atoms with Gasteiger partial charge in [-0.1, -0.05) is 28.9 Å². The lowest BCUT2D eigenvalue weighted by molar-refractivity contribution is -0.117. The van der Waals surface area contributed by atoms with Crippen LogP contribution in [0.15, 0.2) is 53.1 Å². The van der Waals surface area contributed by atoms with E-state index in [0.29, 0.717) is 18.3 Å². The maximum Gasteiger partial charge on any atom is 0.241 e. The van der Waals surface area contributed by atoms with Gasteiger partial charge in [0, 0.05) is 30.0 Å². The number of carbonyl (C=O) groups excluding carboxylic acids is 1. The van der Waals surface area contributed by atoms with E-state index < -0.39 is 0 Å². The molecule has 0 radical (unpaired) electrons. The minimum Gasteiger partial charge on any atom is -0.378 e. The summed E-state index contributed by atoms with van der Waals surface area (Å²) in [7, 11) is 1.84. The van der Waals surface area contributed by atoms with Crippen molar-refractivity contribution in [3.05, 3.63) is 60.0 Å². The minimum atomic E-state index is -0.0972. The summed E-state index contributed by atoms with van der Waals surface area (Å²) in [5.74, 6) is 0.929. The zero-order valence-electron chi connectivity index (χ0n) is 17.9. The average molecular weight is 422 g/mol. The third kappa shape index (κ3) is 5.68. The summed E-state index contributed by atoms with van der Waals surface area (Å²) < 4.78 is 10.7. The summed E-state index contributed by atoms with van der Waals surface area (Å²) in [6, 6.07) is 15.8. The Morgan fingerprint density at radius 2 is 1.94 bits per heavy atom. The molecule has 1 saturated heterocycles. The maximum absolute atomic E-state index is 12.4. The molecule has 0 spiro atoms. The van der Waals surface area contributed by atoms with Crippen molar-refractivity contribution in [2.45, 2.75) is 13.5 Å². The number of rotatable bonds is 7. The van der Waals surface area contributed by atoms with E-state index in [-0.39, 0.29) is 12.5 Å². The number of carbonyl (C=O) groups is 1. The quantitative estimate of drug-likeness (QED) is 0.628. The molecule has 4 rings (SSSR count). The molecule has 1 fully saturated rings. The molecule has 0 atom stereocenters. The monoisotopic (exact) mass is 421 g/mol. The van der Waals surface area contributed by atoms with E-state index in [1.807, 2.05) is 67.4 Å². The number of hydrogen-bond acceptors (Lipinski definition) is 7. The topological polar surface area (TPSA) is 83.7 Å². The highest BCUT2D eigenvalue weighted by Gasteiger charge is 2.14. The molecular formula is C23H27N5O3.